The van der Waals surface area contributed by atoms with Gasteiger partial charge in [0.05, 0.1) is 6.54 Å². The molecule has 5 nitrogen and oxygen atoms in total. The van der Waals surface area contributed by atoms with Gasteiger partial charge in [-0.1, -0.05) is 23.8 Å². The predicted octanol–water partition coefficient (Wildman–Crippen LogP) is 3.68. The lowest BCUT2D eigenvalue weighted by Crippen LogP contribution is -2.39. The minimum atomic E-state index is -0.489. The van der Waals surface area contributed by atoms with Gasteiger partial charge in [-0.05, 0) is 61.0 Å². The normalized spacial score (nSPS) is 16.3. The molecule has 0 aliphatic carbocycles. The van der Waals surface area contributed by atoms with E-state index in [0.717, 1.165) is 28.5 Å². The lowest BCUT2D eigenvalue weighted by atomic mass is 10.1. The number of carbonyl (C=O) groups is 1. The third-order valence-electron chi connectivity index (χ3n) is 5.24. The van der Waals surface area contributed by atoms with Crippen molar-refractivity contribution in [1.82, 2.24) is 9.88 Å². The number of carbonyl (C=O) groups excluding carboxylic acids is 1. The molecular weight excluding hydrogens is 371 g/mol. The van der Waals surface area contributed by atoms with Crippen molar-refractivity contribution in [1.29, 1.82) is 0 Å². The molecule has 3 aromatic rings. The van der Waals surface area contributed by atoms with E-state index in [0.29, 0.717) is 18.6 Å². The van der Waals surface area contributed by atoms with E-state index in [1.165, 1.54) is 12.1 Å². The average molecular weight is 394 g/mol. The predicted molar refractivity (Wildman–Crippen MR) is 109 cm³/mol. The van der Waals surface area contributed by atoms with Gasteiger partial charge in [-0.15, -0.1) is 0 Å². The van der Waals surface area contributed by atoms with Crippen LogP contribution in [0.2, 0.25) is 0 Å². The van der Waals surface area contributed by atoms with Gasteiger partial charge in [-0.3, -0.25) is 9.59 Å². The standard InChI is InChI=1S/C23H23FN2O3/c1-15-4-9-20-17(11-15)12-18(22(27)25-20)14-26(23(28)21-3-2-10-29-21)13-16-5-7-19(24)8-6-16/h4-9,11-12,21H,2-3,10,13-14H2,1H3,(H,25,27)/t21-/m1/s1. The maximum Gasteiger partial charge on any atom is 0.253 e. The van der Waals surface area contributed by atoms with Gasteiger partial charge in [0.25, 0.3) is 11.5 Å². The molecule has 1 aliphatic rings. The number of hydrogen-bond donors (Lipinski definition) is 1. The zero-order chi connectivity index (χ0) is 20.4. The number of nitrogens with zero attached hydrogens (tertiary/aromatic N) is 1. The monoisotopic (exact) mass is 394 g/mol. The highest BCUT2D eigenvalue weighted by Gasteiger charge is 2.29. The van der Waals surface area contributed by atoms with Crippen LogP contribution < -0.4 is 5.56 Å². The van der Waals surface area contributed by atoms with E-state index in [1.807, 2.05) is 31.2 Å². The van der Waals surface area contributed by atoms with Gasteiger partial charge < -0.3 is 14.6 Å². The minimum absolute atomic E-state index is 0.143. The van der Waals surface area contributed by atoms with Crippen LogP contribution in [0, 0.1) is 12.7 Å². The van der Waals surface area contributed by atoms with E-state index < -0.39 is 6.10 Å². The number of rotatable bonds is 5. The molecule has 2 heterocycles. The summed E-state index contributed by atoms with van der Waals surface area (Å²) in [6.45, 7) is 3.00. The van der Waals surface area contributed by atoms with Crippen molar-refractivity contribution in [2.24, 2.45) is 0 Å². The van der Waals surface area contributed by atoms with E-state index >= 15 is 0 Å². The number of aromatic amines is 1. The smallest absolute Gasteiger partial charge is 0.253 e. The molecule has 0 unspecified atom stereocenters. The summed E-state index contributed by atoms with van der Waals surface area (Å²) in [6, 6.07) is 13.7. The van der Waals surface area contributed by atoms with Crippen LogP contribution >= 0.6 is 0 Å². The number of fused-ring (bicyclic) bond motifs is 1. The molecule has 1 amide bonds. The Balaban J connectivity index is 1.66. The number of ether oxygens (including phenoxy) is 1. The summed E-state index contributed by atoms with van der Waals surface area (Å²) < 4.78 is 18.8. The molecule has 1 N–H and O–H groups in total. The largest absolute Gasteiger partial charge is 0.368 e. The molecule has 150 valence electrons. The van der Waals surface area contributed by atoms with Crippen LogP contribution in [0.25, 0.3) is 10.9 Å². The van der Waals surface area contributed by atoms with Crippen LogP contribution in [0.15, 0.2) is 53.3 Å². The van der Waals surface area contributed by atoms with Crippen LogP contribution in [0.1, 0.15) is 29.5 Å². The first-order valence-electron chi connectivity index (χ1n) is 9.77. The summed E-state index contributed by atoms with van der Waals surface area (Å²) in [5.41, 5.74) is 2.95. The van der Waals surface area contributed by atoms with Crippen molar-refractivity contribution in [2.45, 2.75) is 39.0 Å². The van der Waals surface area contributed by atoms with Crippen LogP contribution in [0.5, 0.6) is 0 Å². The molecule has 4 rings (SSSR count). The first kappa shape index (κ1) is 19.3. The number of pyridine rings is 1. The number of aromatic nitrogens is 1. The van der Waals surface area contributed by atoms with Crippen LogP contribution in [0.4, 0.5) is 4.39 Å². The molecule has 2 aromatic carbocycles. The third kappa shape index (κ3) is 4.38. The van der Waals surface area contributed by atoms with Crippen molar-refractivity contribution in [3.8, 4) is 0 Å². The van der Waals surface area contributed by atoms with Crippen LogP contribution in [-0.4, -0.2) is 28.5 Å². The molecule has 1 fully saturated rings. The highest BCUT2D eigenvalue weighted by atomic mass is 19.1. The van der Waals surface area contributed by atoms with Gasteiger partial charge >= 0.3 is 0 Å². The summed E-state index contributed by atoms with van der Waals surface area (Å²) in [6.07, 6.45) is 1.03. The van der Waals surface area contributed by atoms with Crippen molar-refractivity contribution in [3.05, 3.63) is 81.4 Å². The Morgan fingerprint density at radius 3 is 2.69 bits per heavy atom. The van der Waals surface area contributed by atoms with E-state index in [-0.39, 0.29) is 30.4 Å². The summed E-state index contributed by atoms with van der Waals surface area (Å²) in [5.74, 6) is -0.470. The number of amides is 1. The highest BCUT2D eigenvalue weighted by Crippen LogP contribution is 2.20. The molecule has 0 spiro atoms. The molecule has 29 heavy (non-hydrogen) atoms. The summed E-state index contributed by atoms with van der Waals surface area (Å²) >= 11 is 0. The summed E-state index contributed by atoms with van der Waals surface area (Å²) in [4.78, 5) is 30.2. The number of benzene rings is 2. The first-order valence-corrected chi connectivity index (χ1v) is 9.77. The molecule has 6 heteroatoms. The van der Waals surface area contributed by atoms with Crippen molar-refractivity contribution in [2.75, 3.05) is 6.61 Å². The van der Waals surface area contributed by atoms with Gasteiger partial charge in [0.1, 0.15) is 11.9 Å². The lowest BCUT2D eigenvalue weighted by Gasteiger charge is -2.25. The zero-order valence-corrected chi connectivity index (χ0v) is 16.3. The van der Waals surface area contributed by atoms with E-state index in [9.17, 15) is 14.0 Å². The fraction of sp³-hybridized carbons (Fsp3) is 0.304. The molecular formula is C23H23FN2O3. The lowest BCUT2D eigenvalue weighted by molar-refractivity contribution is -0.142. The topological polar surface area (TPSA) is 62.4 Å². The Labute approximate surface area is 168 Å². The van der Waals surface area contributed by atoms with Crippen molar-refractivity contribution >= 4 is 16.8 Å². The molecule has 0 bridgehead atoms. The van der Waals surface area contributed by atoms with Crippen LogP contribution in [0.3, 0.4) is 0 Å². The Morgan fingerprint density at radius 1 is 1.17 bits per heavy atom. The summed E-state index contributed by atoms with van der Waals surface area (Å²) in [7, 11) is 0. The average Bonchev–Trinajstić information content (AvgIpc) is 3.24. The molecule has 1 aliphatic heterocycles. The fourth-order valence-corrected chi connectivity index (χ4v) is 3.69. The quantitative estimate of drug-likeness (QED) is 0.718. The summed E-state index contributed by atoms with van der Waals surface area (Å²) in [5, 5.41) is 0.922. The Bertz CT molecular complexity index is 1090. The zero-order valence-electron chi connectivity index (χ0n) is 16.3. The Morgan fingerprint density at radius 2 is 1.97 bits per heavy atom. The number of nitrogens with one attached hydrogen (secondary N) is 1. The Hall–Kier alpha value is -2.99. The van der Waals surface area contributed by atoms with E-state index in [1.54, 1.807) is 17.0 Å². The number of aryl methyl sites for hydroxylation is 1. The van der Waals surface area contributed by atoms with Crippen molar-refractivity contribution in [3.63, 3.8) is 0 Å². The molecule has 0 radical (unpaired) electrons. The molecule has 1 saturated heterocycles. The molecule has 1 atom stereocenters. The second-order valence-corrected chi connectivity index (χ2v) is 7.54. The van der Waals surface area contributed by atoms with Crippen LogP contribution in [-0.2, 0) is 22.6 Å². The minimum Gasteiger partial charge on any atom is -0.368 e. The Kier molecular flexibility index (Phi) is 5.45. The SMILES string of the molecule is Cc1ccc2[nH]c(=O)c(CN(Cc3ccc(F)cc3)C(=O)[C@H]3CCCO3)cc2c1. The van der Waals surface area contributed by atoms with Gasteiger partial charge in [-0.25, -0.2) is 4.39 Å². The van der Waals surface area contributed by atoms with Gasteiger partial charge in [0.15, 0.2) is 0 Å². The van der Waals surface area contributed by atoms with Crippen molar-refractivity contribution < 1.29 is 13.9 Å². The molecule has 1 aromatic heterocycles. The number of halogens is 1. The molecule has 0 saturated carbocycles. The maximum atomic E-state index is 13.3. The van der Waals surface area contributed by atoms with Gasteiger partial charge in [-0.2, -0.15) is 0 Å². The fourth-order valence-electron chi connectivity index (χ4n) is 3.69. The van der Waals surface area contributed by atoms with Gasteiger partial charge in [0, 0.05) is 24.2 Å². The highest BCUT2D eigenvalue weighted by molar-refractivity contribution is 5.82. The third-order valence-corrected chi connectivity index (χ3v) is 5.24. The maximum absolute atomic E-state index is 13.3. The number of hydrogen-bond acceptors (Lipinski definition) is 3. The van der Waals surface area contributed by atoms with Gasteiger partial charge in [0.2, 0.25) is 0 Å². The second kappa shape index (κ2) is 8.17. The number of H-pyrrole nitrogens is 1. The first-order chi connectivity index (χ1) is 14.0. The second-order valence-electron chi connectivity index (χ2n) is 7.54. The van der Waals surface area contributed by atoms with E-state index in [4.69, 9.17) is 4.74 Å². The van der Waals surface area contributed by atoms with E-state index in [2.05, 4.69) is 4.98 Å².